The maximum Gasteiger partial charge on any atom is 0.217 e. The topological polar surface area (TPSA) is 67.7 Å². The Balaban J connectivity index is 2.10. The number of rotatable bonds is 9. The second-order valence-corrected chi connectivity index (χ2v) is 10.3. The molecule has 2 heterocycles. The predicted molar refractivity (Wildman–Crippen MR) is 147 cm³/mol. The minimum absolute atomic E-state index is 0.0886. The number of fused-ring (bicyclic) bond motifs is 1. The number of nitrogens with zero attached hydrogens (tertiary/aromatic N) is 3. The molecular formula is C29H31BrFN3O3. The molecule has 0 radical (unpaired) electrons. The van der Waals surface area contributed by atoms with Crippen LogP contribution in [0, 0.1) is 12.7 Å². The van der Waals surface area contributed by atoms with Gasteiger partial charge in [-0.25, -0.2) is 9.37 Å². The van der Waals surface area contributed by atoms with Gasteiger partial charge in [-0.2, -0.15) is 0 Å². The molecule has 37 heavy (non-hydrogen) atoms. The van der Waals surface area contributed by atoms with Crippen molar-refractivity contribution in [3.8, 4) is 11.6 Å². The number of benzene rings is 2. The molecule has 0 fully saturated rings. The van der Waals surface area contributed by atoms with Gasteiger partial charge in [-0.3, -0.25) is 4.98 Å². The summed E-state index contributed by atoms with van der Waals surface area (Å²) >= 11 is 3.53. The molecule has 6 nitrogen and oxygen atoms in total. The minimum Gasteiger partial charge on any atom is -0.494 e. The number of hydrogen-bond acceptors (Lipinski definition) is 6. The number of ether oxygens (including phenoxy) is 2. The zero-order chi connectivity index (χ0) is 26.7. The van der Waals surface area contributed by atoms with Crippen LogP contribution >= 0.6 is 15.9 Å². The van der Waals surface area contributed by atoms with Crippen molar-refractivity contribution in [1.82, 2.24) is 14.9 Å². The van der Waals surface area contributed by atoms with Gasteiger partial charge in [0.05, 0.1) is 31.3 Å². The van der Waals surface area contributed by atoms with E-state index >= 15 is 4.39 Å². The molecule has 2 aromatic carbocycles. The summed E-state index contributed by atoms with van der Waals surface area (Å²) in [5.41, 5.74) is 1.19. The van der Waals surface area contributed by atoms with Gasteiger partial charge in [0.1, 0.15) is 5.60 Å². The number of halogens is 2. The molecular weight excluding hydrogens is 537 g/mol. The van der Waals surface area contributed by atoms with Crippen molar-refractivity contribution in [3.05, 3.63) is 93.5 Å². The number of aryl methyl sites for hydroxylation is 1. The van der Waals surface area contributed by atoms with Crippen LogP contribution in [0.2, 0.25) is 0 Å². The highest BCUT2D eigenvalue weighted by Gasteiger charge is 2.45. The fourth-order valence-corrected chi connectivity index (χ4v) is 5.22. The molecule has 0 bridgehead atoms. The van der Waals surface area contributed by atoms with Crippen LogP contribution in [0.4, 0.5) is 4.39 Å². The van der Waals surface area contributed by atoms with E-state index in [4.69, 9.17) is 14.5 Å². The van der Waals surface area contributed by atoms with Gasteiger partial charge in [0.25, 0.3) is 0 Å². The van der Waals surface area contributed by atoms with Crippen molar-refractivity contribution >= 4 is 26.8 Å². The molecule has 4 rings (SSSR count). The lowest BCUT2D eigenvalue weighted by Crippen LogP contribution is -2.39. The van der Waals surface area contributed by atoms with Crippen LogP contribution < -0.4 is 9.47 Å². The Labute approximate surface area is 225 Å². The first-order chi connectivity index (χ1) is 17.7. The average molecular weight is 568 g/mol. The van der Waals surface area contributed by atoms with Crippen LogP contribution in [0.25, 0.3) is 10.9 Å². The van der Waals surface area contributed by atoms with Gasteiger partial charge in [0.15, 0.2) is 11.6 Å². The van der Waals surface area contributed by atoms with E-state index in [0.717, 1.165) is 20.9 Å². The van der Waals surface area contributed by atoms with E-state index < -0.39 is 17.3 Å². The molecule has 0 aliphatic heterocycles. The van der Waals surface area contributed by atoms with Crippen molar-refractivity contribution < 1.29 is 19.0 Å². The second kappa shape index (κ2) is 11.1. The summed E-state index contributed by atoms with van der Waals surface area (Å²) in [7, 11) is 6.82. The molecule has 4 aromatic rings. The Morgan fingerprint density at radius 2 is 1.84 bits per heavy atom. The molecule has 0 aliphatic carbocycles. The number of aliphatic hydroxyl groups is 1. The van der Waals surface area contributed by atoms with Crippen molar-refractivity contribution in [2.45, 2.75) is 24.9 Å². The molecule has 0 saturated carbocycles. The third-order valence-electron chi connectivity index (χ3n) is 6.64. The zero-order valence-corrected chi connectivity index (χ0v) is 23.2. The summed E-state index contributed by atoms with van der Waals surface area (Å²) < 4.78 is 28.0. The van der Waals surface area contributed by atoms with Crippen LogP contribution in [0.3, 0.4) is 0 Å². The van der Waals surface area contributed by atoms with Crippen molar-refractivity contribution in [1.29, 1.82) is 0 Å². The Morgan fingerprint density at radius 1 is 1.05 bits per heavy atom. The standard InChI is InChI=1S/C29H31BrFN3O3/c1-18-8-7-14-32-27(18)29(35,13-15-34(2)3)25(21-9-6-10-24(36-4)26(21)31)22-17-19-16-20(30)11-12-23(19)33-28(22)37-5/h6-12,14,16-17,25,35H,13,15H2,1-5H3. The van der Waals surface area contributed by atoms with Gasteiger partial charge in [-0.15, -0.1) is 0 Å². The highest BCUT2D eigenvalue weighted by Crippen LogP contribution is 2.49. The summed E-state index contributed by atoms with van der Waals surface area (Å²) in [6, 6.07) is 16.3. The van der Waals surface area contributed by atoms with E-state index in [1.807, 2.05) is 62.3 Å². The summed E-state index contributed by atoms with van der Waals surface area (Å²) in [6.07, 6.45) is 1.92. The fraction of sp³-hybridized carbons (Fsp3) is 0.310. The highest BCUT2D eigenvalue weighted by atomic mass is 79.9. The van der Waals surface area contributed by atoms with Gasteiger partial charge < -0.3 is 19.5 Å². The largest absolute Gasteiger partial charge is 0.494 e. The molecule has 8 heteroatoms. The van der Waals surface area contributed by atoms with Crippen molar-refractivity contribution in [2.75, 3.05) is 34.9 Å². The first-order valence-corrected chi connectivity index (χ1v) is 12.7. The van der Waals surface area contributed by atoms with Gasteiger partial charge in [0.2, 0.25) is 5.88 Å². The Bertz CT molecular complexity index is 1410. The summed E-state index contributed by atoms with van der Waals surface area (Å²) in [5.74, 6) is -1.07. The van der Waals surface area contributed by atoms with Crippen LogP contribution in [0.15, 0.2) is 65.3 Å². The molecule has 0 saturated heterocycles. The average Bonchev–Trinajstić information content (AvgIpc) is 2.88. The quantitative estimate of drug-likeness (QED) is 0.274. The lowest BCUT2D eigenvalue weighted by molar-refractivity contribution is -0.00181. The highest BCUT2D eigenvalue weighted by molar-refractivity contribution is 9.10. The molecule has 1 N–H and O–H groups in total. The third-order valence-corrected chi connectivity index (χ3v) is 7.13. The van der Waals surface area contributed by atoms with Crippen LogP contribution in [0.1, 0.15) is 34.7 Å². The normalized spacial score (nSPS) is 14.0. The molecule has 2 aromatic heterocycles. The first kappa shape index (κ1) is 27.0. The third kappa shape index (κ3) is 5.32. The van der Waals surface area contributed by atoms with E-state index in [9.17, 15) is 5.11 Å². The maximum absolute atomic E-state index is 16.0. The SMILES string of the molecule is COc1cccc(C(c2cc3cc(Br)ccc3nc2OC)C(O)(CCN(C)C)c2ncccc2C)c1F. The van der Waals surface area contributed by atoms with E-state index in [2.05, 4.69) is 20.9 Å². The Kier molecular flexibility index (Phi) is 8.11. The zero-order valence-electron chi connectivity index (χ0n) is 21.6. The van der Waals surface area contributed by atoms with Crippen LogP contribution in [0.5, 0.6) is 11.6 Å². The van der Waals surface area contributed by atoms with E-state index in [-0.39, 0.29) is 17.7 Å². The van der Waals surface area contributed by atoms with Gasteiger partial charge in [-0.05, 0) is 69.4 Å². The minimum atomic E-state index is -1.61. The Morgan fingerprint density at radius 3 is 2.51 bits per heavy atom. The summed E-state index contributed by atoms with van der Waals surface area (Å²) in [6.45, 7) is 2.43. The fourth-order valence-electron chi connectivity index (χ4n) is 4.84. The predicted octanol–water partition coefficient (Wildman–Crippen LogP) is 5.83. The first-order valence-electron chi connectivity index (χ1n) is 12.0. The van der Waals surface area contributed by atoms with Crippen molar-refractivity contribution in [2.24, 2.45) is 0 Å². The monoisotopic (exact) mass is 567 g/mol. The smallest absolute Gasteiger partial charge is 0.217 e. The van der Waals surface area contributed by atoms with Gasteiger partial charge >= 0.3 is 0 Å². The number of aromatic nitrogens is 2. The summed E-state index contributed by atoms with van der Waals surface area (Å²) in [4.78, 5) is 11.3. The van der Waals surface area contributed by atoms with Crippen LogP contribution in [-0.4, -0.2) is 54.8 Å². The molecule has 194 valence electrons. The van der Waals surface area contributed by atoms with E-state index in [0.29, 0.717) is 23.7 Å². The lowest BCUT2D eigenvalue weighted by atomic mass is 9.72. The number of hydrogen-bond donors (Lipinski definition) is 1. The second-order valence-electron chi connectivity index (χ2n) is 9.37. The maximum atomic E-state index is 16.0. The number of methoxy groups -OCH3 is 2. The van der Waals surface area contributed by atoms with Gasteiger partial charge in [-0.1, -0.05) is 34.1 Å². The Hall–Kier alpha value is -3.07. The molecule has 0 amide bonds. The number of pyridine rings is 2. The van der Waals surface area contributed by atoms with E-state index in [1.54, 1.807) is 24.4 Å². The molecule has 2 unspecified atom stereocenters. The molecule has 2 atom stereocenters. The summed E-state index contributed by atoms with van der Waals surface area (Å²) in [5, 5.41) is 13.5. The lowest BCUT2D eigenvalue weighted by Gasteiger charge is -2.38. The van der Waals surface area contributed by atoms with Crippen LogP contribution in [-0.2, 0) is 5.60 Å². The van der Waals surface area contributed by atoms with E-state index in [1.165, 1.54) is 14.2 Å². The molecule has 0 spiro atoms. The van der Waals surface area contributed by atoms with Crippen molar-refractivity contribution in [3.63, 3.8) is 0 Å². The van der Waals surface area contributed by atoms with Gasteiger partial charge in [0, 0.05) is 33.7 Å². The molecule has 0 aliphatic rings.